The van der Waals surface area contributed by atoms with E-state index in [1.807, 2.05) is 24.3 Å². The predicted molar refractivity (Wildman–Crippen MR) is 91.8 cm³/mol. The van der Waals surface area contributed by atoms with E-state index >= 15 is 0 Å². The Balaban J connectivity index is 1.73. The van der Waals surface area contributed by atoms with E-state index in [0.29, 0.717) is 18.4 Å². The molecule has 0 heterocycles. The lowest BCUT2D eigenvalue weighted by Gasteiger charge is -2.33. The SMILES string of the molecule is N#C[C@]1(NC(=O)Cc2cccc([N+](=O)[O-])c2)CCc2ccccc2C1. The predicted octanol–water partition coefficient (Wildman–Crippen LogP) is 2.70. The van der Waals surface area contributed by atoms with Crippen LogP contribution in [0.1, 0.15) is 23.1 Å². The Hall–Kier alpha value is -3.20. The number of carbonyl (C=O) groups excluding carboxylic acids is 1. The summed E-state index contributed by atoms with van der Waals surface area (Å²) in [6.07, 6.45) is 1.77. The van der Waals surface area contributed by atoms with Crippen molar-refractivity contribution in [1.82, 2.24) is 5.32 Å². The van der Waals surface area contributed by atoms with Gasteiger partial charge in [0.2, 0.25) is 5.91 Å². The molecule has 6 heteroatoms. The molecule has 0 unspecified atom stereocenters. The third-order valence-corrected chi connectivity index (χ3v) is 4.51. The summed E-state index contributed by atoms with van der Waals surface area (Å²) in [6.45, 7) is 0. The van der Waals surface area contributed by atoms with Gasteiger partial charge in [-0.15, -0.1) is 0 Å². The Morgan fingerprint density at radius 3 is 2.72 bits per heavy atom. The number of non-ortho nitro benzene ring substituents is 1. The van der Waals surface area contributed by atoms with Gasteiger partial charge in [0.15, 0.2) is 0 Å². The molecular formula is C19H17N3O3. The monoisotopic (exact) mass is 335 g/mol. The van der Waals surface area contributed by atoms with Crippen molar-refractivity contribution >= 4 is 11.6 Å². The van der Waals surface area contributed by atoms with E-state index in [4.69, 9.17) is 0 Å². The van der Waals surface area contributed by atoms with Crippen LogP contribution < -0.4 is 5.32 Å². The topological polar surface area (TPSA) is 96.0 Å². The number of hydrogen-bond acceptors (Lipinski definition) is 4. The molecule has 1 aliphatic carbocycles. The van der Waals surface area contributed by atoms with Crippen molar-refractivity contribution in [3.05, 3.63) is 75.3 Å². The standard InChI is InChI=1S/C19H17N3O3/c20-13-19(9-8-15-5-1-2-6-16(15)12-19)21-18(23)11-14-4-3-7-17(10-14)22(24)25/h1-7,10H,8-9,11-12H2,(H,21,23)/t19-/m0/s1. The van der Waals surface area contributed by atoms with Crippen LogP contribution in [0.3, 0.4) is 0 Å². The third kappa shape index (κ3) is 3.66. The summed E-state index contributed by atoms with van der Waals surface area (Å²) in [5.74, 6) is -0.304. The molecule has 0 spiro atoms. The molecule has 1 atom stereocenters. The number of fused-ring (bicyclic) bond motifs is 1. The molecule has 0 aliphatic heterocycles. The average Bonchev–Trinajstić information content (AvgIpc) is 2.61. The van der Waals surface area contributed by atoms with Crippen LogP contribution in [0.4, 0.5) is 5.69 Å². The van der Waals surface area contributed by atoms with Crippen molar-refractivity contribution < 1.29 is 9.72 Å². The molecule has 6 nitrogen and oxygen atoms in total. The number of aryl methyl sites for hydroxylation is 1. The summed E-state index contributed by atoms with van der Waals surface area (Å²) in [4.78, 5) is 22.7. The first-order chi connectivity index (χ1) is 12.0. The highest BCUT2D eigenvalue weighted by molar-refractivity contribution is 5.80. The summed E-state index contributed by atoms with van der Waals surface area (Å²) < 4.78 is 0. The van der Waals surface area contributed by atoms with Gasteiger partial charge in [-0.3, -0.25) is 14.9 Å². The molecule has 0 saturated heterocycles. The molecule has 2 aromatic rings. The first kappa shape index (κ1) is 16.7. The molecule has 3 rings (SSSR count). The molecule has 0 saturated carbocycles. The highest BCUT2D eigenvalue weighted by Gasteiger charge is 2.35. The van der Waals surface area contributed by atoms with Crippen LogP contribution in [0.25, 0.3) is 0 Å². The Morgan fingerprint density at radius 1 is 1.24 bits per heavy atom. The summed E-state index contributed by atoms with van der Waals surface area (Å²) in [5, 5.41) is 23.3. The largest absolute Gasteiger partial charge is 0.337 e. The molecule has 0 aromatic heterocycles. The molecule has 1 amide bonds. The van der Waals surface area contributed by atoms with E-state index in [-0.39, 0.29) is 18.0 Å². The van der Waals surface area contributed by atoms with Crippen molar-refractivity contribution in [2.24, 2.45) is 0 Å². The smallest absolute Gasteiger partial charge is 0.269 e. The number of nitrogens with one attached hydrogen (secondary N) is 1. The minimum Gasteiger partial charge on any atom is -0.337 e. The second-order valence-electron chi connectivity index (χ2n) is 6.29. The fraction of sp³-hybridized carbons (Fsp3) is 0.263. The number of carbonyl (C=O) groups is 1. The summed E-state index contributed by atoms with van der Waals surface area (Å²) in [7, 11) is 0. The lowest BCUT2D eigenvalue weighted by Crippen LogP contribution is -2.51. The molecule has 1 N–H and O–H groups in total. The van der Waals surface area contributed by atoms with Crippen molar-refractivity contribution in [3.8, 4) is 6.07 Å². The first-order valence-corrected chi connectivity index (χ1v) is 8.04. The van der Waals surface area contributed by atoms with Gasteiger partial charge in [0.1, 0.15) is 5.54 Å². The molecule has 0 bridgehead atoms. The van der Waals surface area contributed by atoms with Gasteiger partial charge in [-0.1, -0.05) is 36.4 Å². The van der Waals surface area contributed by atoms with Crippen LogP contribution in [0.5, 0.6) is 0 Å². The van der Waals surface area contributed by atoms with E-state index in [2.05, 4.69) is 11.4 Å². The molecular weight excluding hydrogens is 318 g/mol. The van der Waals surface area contributed by atoms with Gasteiger partial charge in [0, 0.05) is 18.6 Å². The molecule has 2 aromatic carbocycles. The fourth-order valence-electron chi connectivity index (χ4n) is 3.24. The number of amides is 1. The van der Waals surface area contributed by atoms with Crippen molar-refractivity contribution in [1.29, 1.82) is 5.26 Å². The molecule has 0 fully saturated rings. The molecule has 0 radical (unpaired) electrons. The van der Waals surface area contributed by atoms with E-state index < -0.39 is 10.5 Å². The minimum atomic E-state index is -0.924. The van der Waals surface area contributed by atoms with E-state index in [1.165, 1.54) is 17.7 Å². The Labute approximate surface area is 145 Å². The van der Waals surface area contributed by atoms with Gasteiger partial charge < -0.3 is 5.32 Å². The van der Waals surface area contributed by atoms with Crippen LogP contribution in [0.15, 0.2) is 48.5 Å². The van der Waals surface area contributed by atoms with Crippen molar-refractivity contribution in [2.75, 3.05) is 0 Å². The third-order valence-electron chi connectivity index (χ3n) is 4.51. The Bertz CT molecular complexity index is 872. The number of nitriles is 1. The number of hydrogen-bond donors (Lipinski definition) is 1. The normalized spacial score (nSPS) is 18.7. The van der Waals surface area contributed by atoms with Gasteiger partial charge in [0.05, 0.1) is 17.4 Å². The average molecular weight is 335 g/mol. The molecule has 25 heavy (non-hydrogen) atoms. The van der Waals surface area contributed by atoms with Gasteiger partial charge in [-0.25, -0.2) is 0 Å². The second kappa shape index (κ2) is 6.73. The molecule has 1 aliphatic rings. The number of nitro benzene ring substituents is 1. The maximum absolute atomic E-state index is 12.4. The van der Waals surface area contributed by atoms with Crippen LogP contribution in [0.2, 0.25) is 0 Å². The van der Waals surface area contributed by atoms with Crippen molar-refractivity contribution in [2.45, 2.75) is 31.2 Å². The highest BCUT2D eigenvalue weighted by Crippen LogP contribution is 2.28. The lowest BCUT2D eigenvalue weighted by molar-refractivity contribution is -0.384. The first-order valence-electron chi connectivity index (χ1n) is 8.04. The Kier molecular flexibility index (Phi) is 4.48. The van der Waals surface area contributed by atoms with E-state index in [9.17, 15) is 20.2 Å². The Morgan fingerprint density at radius 2 is 2.00 bits per heavy atom. The minimum absolute atomic E-state index is 0.00670. The number of benzene rings is 2. The van der Waals surface area contributed by atoms with Crippen LogP contribution in [-0.2, 0) is 24.1 Å². The zero-order valence-electron chi connectivity index (χ0n) is 13.6. The van der Waals surface area contributed by atoms with Crippen LogP contribution in [-0.4, -0.2) is 16.4 Å². The zero-order chi connectivity index (χ0) is 17.9. The second-order valence-corrected chi connectivity index (χ2v) is 6.29. The number of nitrogens with zero attached hydrogens (tertiary/aromatic N) is 2. The highest BCUT2D eigenvalue weighted by atomic mass is 16.6. The van der Waals surface area contributed by atoms with E-state index in [0.717, 1.165) is 12.0 Å². The van der Waals surface area contributed by atoms with Gasteiger partial charge >= 0.3 is 0 Å². The van der Waals surface area contributed by atoms with Crippen molar-refractivity contribution in [3.63, 3.8) is 0 Å². The van der Waals surface area contributed by atoms with Gasteiger partial charge in [-0.2, -0.15) is 5.26 Å². The zero-order valence-corrected chi connectivity index (χ0v) is 13.6. The van der Waals surface area contributed by atoms with Crippen LogP contribution in [0, 0.1) is 21.4 Å². The number of nitro groups is 1. The maximum Gasteiger partial charge on any atom is 0.269 e. The fourth-order valence-corrected chi connectivity index (χ4v) is 3.24. The quantitative estimate of drug-likeness (QED) is 0.686. The van der Waals surface area contributed by atoms with Gasteiger partial charge in [-0.05, 0) is 29.5 Å². The lowest BCUT2D eigenvalue weighted by atomic mass is 9.78. The number of rotatable bonds is 4. The molecule has 126 valence electrons. The summed E-state index contributed by atoms with van der Waals surface area (Å²) in [5.41, 5.74) is 1.86. The van der Waals surface area contributed by atoms with Crippen LogP contribution >= 0.6 is 0 Å². The van der Waals surface area contributed by atoms with Gasteiger partial charge in [0.25, 0.3) is 5.69 Å². The van der Waals surface area contributed by atoms with E-state index in [1.54, 1.807) is 12.1 Å². The summed E-state index contributed by atoms with van der Waals surface area (Å²) >= 11 is 0. The summed E-state index contributed by atoms with van der Waals surface area (Å²) in [6, 6.07) is 16.2. The maximum atomic E-state index is 12.4.